The number of nitrogens with one attached hydrogen (secondary N) is 2. The molecule has 0 radical (unpaired) electrons. The van der Waals surface area contributed by atoms with Gasteiger partial charge in [0.05, 0.1) is 11.4 Å². The Morgan fingerprint density at radius 2 is 1.74 bits per heavy atom. The third kappa shape index (κ3) is 4.30. The van der Waals surface area contributed by atoms with Crippen molar-refractivity contribution in [2.75, 3.05) is 23.7 Å². The number of anilines is 2. The van der Waals surface area contributed by atoms with Crippen LogP contribution in [0.4, 0.5) is 20.6 Å². The molecule has 2 amide bonds. The van der Waals surface area contributed by atoms with Crippen molar-refractivity contribution in [1.29, 1.82) is 0 Å². The molecule has 2 N–H and O–H groups in total. The summed E-state index contributed by atoms with van der Waals surface area (Å²) in [5, 5.41) is 4.69. The molecule has 0 atom stereocenters. The summed E-state index contributed by atoms with van der Waals surface area (Å²) in [5.74, 6) is -0.299. The first kappa shape index (κ1) is 19.4. The van der Waals surface area contributed by atoms with E-state index < -0.39 is 21.9 Å². The first-order chi connectivity index (χ1) is 12.8. The standard InChI is InChI=1S/C18H22FN3O4S/c1-12-6-7-15(14(19)10-12)20-18(23)21-16-11-17(26-13(16)2)27(24,25)22-8-4-3-5-9-22/h6-7,10-11H,3-5,8-9H2,1-2H3,(H2,20,21,23). The second-order valence-electron chi connectivity index (χ2n) is 6.56. The number of aryl methyl sites for hydroxylation is 2. The highest BCUT2D eigenvalue weighted by Gasteiger charge is 2.30. The van der Waals surface area contributed by atoms with Gasteiger partial charge < -0.3 is 15.1 Å². The van der Waals surface area contributed by atoms with E-state index in [1.165, 1.54) is 22.5 Å². The molecular weight excluding hydrogens is 373 g/mol. The number of rotatable bonds is 4. The van der Waals surface area contributed by atoms with Gasteiger partial charge in [0.25, 0.3) is 10.0 Å². The number of amides is 2. The number of hydrogen-bond acceptors (Lipinski definition) is 4. The monoisotopic (exact) mass is 395 g/mol. The van der Waals surface area contributed by atoms with Crippen LogP contribution >= 0.6 is 0 Å². The van der Waals surface area contributed by atoms with Crippen LogP contribution in [0.15, 0.2) is 33.8 Å². The van der Waals surface area contributed by atoms with Crippen LogP contribution in [0.25, 0.3) is 0 Å². The van der Waals surface area contributed by atoms with Crippen LogP contribution in [0.2, 0.25) is 0 Å². The maximum Gasteiger partial charge on any atom is 0.323 e. The van der Waals surface area contributed by atoms with Crippen molar-refractivity contribution in [1.82, 2.24) is 4.31 Å². The summed E-state index contributed by atoms with van der Waals surface area (Å²) in [5.41, 5.74) is 0.979. The molecule has 0 spiro atoms. The van der Waals surface area contributed by atoms with E-state index in [1.54, 1.807) is 19.9 Å². The molecule has 0 unspecified atom stereocenters. The van der Waals surface area contributed by atoms with E-state index in [0.29, 0.717) is 13.1 Å². The molecule has 1 saturated heterocycles. The van der Waals surface area contributed by atoms with Crippen molar-refractivity contribution in [3.05, 3.63) is 41.4 Å². The van der Waals surface area contributed by atoms with Crippen LogP contribution in [0.3, 0.4) is 0 Å². The largest absolute Gasteiger partial charge is 0.446 e. The number of furan rings is 1. The highest BCUT2D eigenvalue weighted by molar-refractivity contribution is 7.89. The third-order valence-corrected chi connectivity index (χ3v) is 6.18. The van der Waals surface area contributed by atoms with Crippen LogP contribution in [-0.4, -0.2) is 31.8 Å². The minimum atomic E-state index is -3.73. The SMILES string of the molecule is Cc1ccc(NC(=O)Nc2cc(S(=O)(=O)N3CCCCC3)oc2C)c(F)c1. The quantitative estimate of drug-likeness (QED) is 0.822. The Balaban J connectivity index is 1.73. The van der Waals surface area contributed by atoms with E-state index >= 15 is 0 Å². The molecule has 1 aliphatic heterocycles. The third-order valence-electron chi connectivity index (χ3n) is 4.43. The van der Waals surface area contributed by atoms with E-state index in [2.05, 4.69) is 10.6 Å². The van der Waals surface area contributed by atoms with Crippen molar-refractivity contribution in [2.24, 2.45) is 0 Å². The lowest BCUT2D eigenvalue weighted by Crippen LogP contribution is -2.35. The Morgan fingerprint density at radius 1 is 1.07 bits per heavy atom. The van der Waals surface area contributed by atoms with Gasteiger partial charge in [0, 0.05) is 19.2 Å². The van der Waals surface area contributed by atoms with Crippen molar-refractivity contribution in [3.8, 4) is 0 Å². The molecule has 0 aliphatic carbocycles. The van der Waals surface area contributed by atoms with Crippen LogP contribution in [0.5, 0.6) is 0 Å². The number of sulfonamides is 1. The summed E-state index contributed by atoms with van der Waals surface area (Å²) in [4.78, 5) is 12.1. The number of carbonyl (C=O) groups is 1. The summed E-state index contributed by atoms with van der Waals surface area (Å²) >= 11 is 0. The van der Waals surface area contributed by atoms with Gasteiger partial charge in [-0.25, -0.2) is 17.6 Å². The zero-order valence-electron chi connectivity index (χ0n) is 15.2. The van der Waals surface area contributed by atoms with Gasteiger partial charge in [-0.05, 0) is 44.4 Å². The average molecular weight is 395 g/mol. The molecule has 27 heavy (non-hydrogen) atoms. The topological polar surface area (TPSA) is 91.7 Å². The lowest BCUT2D eigenvalue weighted by molar-refractivity contribution is 0.262. The predicted molar refractivity (Wildman–Crippen MR) is 99.8 cm³/mol. The van der Waals surface area contributed by atoms with Crippen molar-refractivity contribution >= 4 is 27.4 Å². The molecule has 1 fully saturated rings. The summed E-state index contributed by atoms with van der Waals surface area (Å²) in [6, 6.07) is 5.03. The maximum atomic E-state index is 13.8. The van der Waals surface area contributed by atoms with E-state index in [-0.39, 0.29) is 22.2 Å². The summed E-state index contributed by atoms with van der Waals surface area (Å²) in [6.45, 7) is 4.21. The normalized spacial score (nSPS) is 15.5. The number of hydrogen-bond donors (Lipinski definition) is 2. The smallest absolute Gasteiger partial charge is 0.323 e. The second-order valence-corrected chi connectivity index (χ2v) is 8.43. The van der Waals surface area contributed by atoms with Gasteiger partial charge in [0.15, 0.2) is 0 Å². The first-order valence-corrected chi connectivity index (χ1v) is 10.2. The van der Waals surface area contributed by atoms with E-state index in [1.807, 2.05) is 0 Å². The van der Waals surface area contributed by atoms with Crippen molar-refractivity contribution < 1.29 is 22.0 Å². The van der Waals surface area contributed by atoms with E-state index in [4.69, 9.17) is 4.42 Å². The molecule has 9 heteroatoms. The zero-order chi connectivity index (χ0) is 19.6. The number of urea groups is 1. The molecule has 2 heterocycles. The Labute approximate surface area is 157 Å². The Kier molecular flexibility index (Phi) is 5.52. The number of benzene rings is 1. The fourth-order valence-electron chi connectivity index (χ4n) is 2.94. The fraction of sp³-hybridized carbons (Fsp3) is 0.389. The molecule has 1 aromatic heterocycles. The number of carbonyl (C=O) groups excluding carboxylic acids is 1. The van der Waals surface area contributed by atoms with Gasteiger partial charge in [0.2, 0.25) is 5.09 Å². The predicted octanol–water partition coefficient (Wildman–Crippen LogP) is 3.85. The van der Waals surface area contributed by atoms with Crippen LogP contribution in [0, 0.1) is 19.7 Å². The first-order valence-electron chi connectivity index (χ1n) is 8.72. The Hall–Kier alpha value is -2.39. The van der Waals surface area contributed by atoms with Crippen LogP contribution < -0.4 is 10.6 Å². The molecule has 7 nitrogen and oxygen atoms in total. The van der Waals surface area contributed by atoms with Crippen LogP contribution in [0.1, 0.15) is 30.6 Å². The van der Waals surface area contributed by atoms with E-state index in [9.17, 15) is 17.6 Å². The molecular formula is C18H22FN3O4S. The second kappa shape index (κ2) is 7.69. The minimum absolute atomic E-state index is 0.0282. The lowest BCUT2D eigenvalue weighted by atomic mass is 10.2. The van der Waals surface area contributed by atoms with E-state index in [0.717, 1.165) is 24.8 Å². The molecule has 0 bridgehead atoms. The van der Waals surface area contributed by atoms with Crippen molar-refractivity contribution in [3.63, 3.8) is 0 Å². The fourth-order valence-corrected chi connectivity index (χ4v) is 4.43. The summed E-state index contributed by atoms with van der Waals surface area (Å²) < 4.78 is 45.9. The minimum Gasteiger partial charge on any atom is -0.446 e. The summed E-state index contributed by atoms with van der Waals surface area (Å²) in [6.07, 6.45) is 2.63. The van der Waals surface area contributed by atoms with Gasteiger partial charge >= 0.3 is 6.03 Å². The molecule has 3 rings (SSSR count). The van der Waals surface area contributed by atoms with Gasteiger partial charge in [-0.3, -0.25) is 0 Å². The summed E-state index contributed by atoms with van der Waals surface area (Å²) in [7, 11) is -3.73. The van der Waals surface area contributed by atoms with Crippen molar-refractivity contribution in [2.45, 2.75) is 38.2 Å². The van der Waals surface area contributed by atoms with Gasteiger partial charge in [-0.2, -0.15) is 4.31 Å². The molecule has 1 aliphatic rings. The molecule has 146 valence electrons. The highest BCUT2D eigenvalue weighted by atomic mass is 32.2. The highest BCUT2D eigenvalue weighted by Crippen LogP contribution is 2.28. The Morgan fingerprint density at radius 3 is 2.41 bits per heavy atom. The van der Waals surface area contributed by atoms with Gasteiger partial charge in [-0.15, -0.1) is 0 Å². The molecule has 1 aromatic carbocycles. The van der Waals surface area contributed by atoms with Gasteiger partial charge in [0.1, 0.15) is 11.6 Å². The zero-order valence-corrected chi connectivity index (χ0v) is 16.0. The molecule has 2 aromatic rings. The maximum absolute atomic E-state index is 13.8. The molecule has 0 saturated carbocycles. The number of halogens is 1. The lowest BCUT2D eigenvalue weighted by Gasteiger charge is -2.24. The average Bonchev–Trinajstić information content (AvgIpc) is 2.99. The number of piperidine rings is 1. The Bertz CT molecular complexity index is 950. The van der Waals surface area contributed by atoms with Gasteiger partial charge in [-0.1, -0.05) is 12.5 Å². The van der Waals surface area contributed by atoms with Crippen LogP contribution in [-0.2, 0) is 10.0 Å². The number of nitrogens with zero attached hydrogens (tertiary/aromatic N) is 1.